The van der Waals surface area contributed by atoms with E-state index in [4.69, 9.17) is 10.5 Å². The second-order valence-corrected chi connectivity index (χ2v) is 5.51. The standard InChI is InChI=1S/C16H17BrN2O2/c1-11-3-2-4-13(9-11)21-8-7-19-16(20)14-10-12(18)5-6-15(14)17/h2-6,9-10H,7-8,18H2,1H3,(H,19,20). The van der Waals surface area contributed by atoms with E-state index in [-0.39, 0.29) is 5.91 Å². The normalized spacial score (nSPS) is 10.2. The van der Waals surface area contributed by atoms with Gasteiger partial charge in [0.2, 0.25) is 0 Å². The Morgan fingerprint density at radius 2 is 2.10 bits per heavy atom. The van der Waals surface area contributed by atoms with Crippen LogP contribution in [0.2, 0.25) is 0 Å². The van der Waals surface area contributed by atoms with Gasteiger partial charge in [0, 0.05) is 10.2 Å². The minimum atomic E-state index is -0.179. The van der Waals surface area contributed by atoms with Gasteiger partial charge in [0.1, 0.15) is 12.4 Å². The van der Waals surface area contributed by atoms with Crippen LogP contribution in [-0.4, -0.2) is 19.1 Å². The van der Waals surface area contributed by atoms with Gasteiger partial charge < -0.3 is 15.8 Å². The summed E-state index contributed by atoms with van der Waals surface area (Å²) in [5.41, 5.74) is 7.90. The number of anilines is 1. The first kappa shape index (κ1) is 15.4. The monoisotopic (exact) mass is 348 g/mol. The zero-order valence-electron chi connectivity index (χ0n) is 11.7. The highest BCUT2D eigenvalue weighted by Crippen LogP contribution is 2.19. The second-order valence-electron chi connectivity index (χ2n) is 4.66. The first-order chi connectivity index (χ1) is 10.1. The smallest absolute Gasteiger partial charge is 0.252 e. The molecule has 0 saturated carbocycles. The predicted molar refractivity (Wildman–Crippen MR) is 87.6 cm³/mol. The van der Waals surface area contributed by atoms with Crippen molar-refractivity contribution in [1.82, 2.24) is 5.32 Å². The Bertz CT molecular complexity index is 644. The molecule has 0 heterocycles. The van der Waals surface area contributed by atoms with Crippen molar-refractivity contribution in [3.63, 3.8) is 0 Å². The van der Waals surface area contributed by atoms with Crippen molar-refractivity contribution >= 4 is 27.5 Å². The number of nitrogen functional groups attached to an aromatic ring is 1. The van der Waals surface area contributed by atoms with Crippen molar-refractivity contribution in [2.45, 2.75) is 6.92 Å². The fraction of sp³-hybridized carbons (Fsp3) is 0.188. The molecule has 21 heavy (non-hydrogen) atoms. The molecule has 5 heteroatoms. The number of carbonyl (C=O) groups excluding carboxylic acids is 1. The molecule has 110 valence electrons. The summed E-state index contributed by atoms with van der Waals surface area (Å²) < 4.78 is 6.29. The van der Waals surface area contributed by atoms with Crippen LogP contribution in [0.3, 0.4) is 0 Å². The van der Waals surface area contributed by atoms with E-state index in [9.17, 15) is 4.79 Å². The van der Waals surface area contributed by atoms with Gasteiger partial charge in [-0.25, -0.2) is 0 Å². The van der Waals surface area contributed by atoms with Crippen LogP contribution in [0.15, 0.2) is 46.9 Å². The predicted octanol–water partition coefficient (Wildman–Crippen LogP) is 3.15. The molecule has 4 nitrogen and oxygen atoms in total. The van der Waals surface area contributed by atoms with Crippen LogP contribution in [0.1, 0.15) is 15.9 Å². The Morgan fingerprint density at radius 1 is 1.29 bits per heavy atom. The molecule has 3 N–H and O–H groups in total. The molecule has 0 bridgehead atoms. The number of halogens is 1. The summed E-state index contributed by atoms with van der Waals surface area (Å²) in [6.45, 7) is 2.84. The Morgan fingerprint density at radius 3 is 2.86 bits per heavy atom. The van der Waals surface area contributed by atoms with Crippen molar-refractivity contribution in [3.8, 4) is 5.75 Å². The van der Waals surface area contributed by atoms with E-state index in [0.29, 0.717) is 28.9 Å². The Labute approximate surface area is 132 Å². The van der Waals surface area contributed by atoms with Crippen LogP contribution in [0.25, 0.3) is 0 Å². The fourth-order valence-electron chi connectivity index (χ4n) is 1.85. The topological polar surface area (TPSA) is 64.3 Å². The van der Waals surface area contributed by atoms with E-state index in [1.54, 1.807) is 18.2 Å². The number of hydrogen-bond acceptors (Lipinski definition) is 3. The van der Waals surface area contributed by atoms with Gasteiger partial charge in [0.15, 0.2) is 0 Å². The number of aryl methyl sites for hydroxylation is 1. The van der Waals surface area contributed by atoms with Crippen molar-refractivity contribution in [3.05, 3.63) is 58.1 Å². The quantitative estimate of drug-likeness (QED) is 0.644. The zero-order chi connectivity index (χ0) is 15.2. The summed E-state index contributed by atoms with van der Waals surface area (Å²) in [5.74, 6) is 0.622. The van der Waals surface area contributed by atoms with E-state index >= 15 is 0 Å². The number of nitrogens with one attached hydrogen (secondary N) is 1. The molecular weight excluding hydrogens is 332 g/mol. The number of amides is 1. The van der Waals surface area contributed by atoms with Gasteiger partial charge in [-0.1, -0.05) is 12.1 Å². The average Bonchev–Trinajstić information content (AvgIpc) is 2.46. The zero-order valence-corrected chi connectivity index (χ0v) is 13.3. The minimum absolute atomic E-state index is 0.179. The largest absolute Gasteiger partial charge is 0.492 e. The highest BCUT2D eigenvalue weighted by Gasteiger charge is 2.09. The van der Waals surface area contributed by atoms with Crippen LogP contribution >= 0.6 is 15.9 Å². The molecule has 0 unspecified atom stereocenters. The third kappa shape index (κ3) is 4.49. The van der Waals surface area contributed by atoms with Gasteiger partial charge >= 0.3 is 0 Å². The van der Waals surface area contributed by atoms with Crippen molar-refractivity contribution in [2.24, 2.45) is 0 Å². The molecular formula is C16H17BrN2O2. The molecule has 0 aromatic heterocycles. The molecule has 0 radical (unpaired) electrons. The molecule has 0 spiro atoms. The lowest BCUT2D eigenvalue weighted by Crippen LogP contribution is -2.28. The second kappa shape index (κ2) is 7.13. The lowest BCUT2D eigenvalue weighted by molar-refractivity contribution is 0.0946. The van der Waals surface area contributed by atoms with E-state index in [1.165, 1.54) is 0 Å². The maximum Gasteiger partial charge on any atom is 0.252 e. The van der Waals surface area contributed by atoms with Gasteiger partial charge in [-0.2, -0.15) is 0 Å². The molecule has 0 saturated heterocycles. The fourth-order valence-corrected chi connectivity index (χ4v) is 2.28. The van der Waals surface area contributed by atoms with E-state index in [1.807, 2.05) is 31.2 Å². The summed E-state index contributed by atoms with van der Waals surface area (Å²) in [5, 5.41) is 2.80. The van der Waals surface area contributed by atoms with Crippen LogP contribution in [0, 0.1) is 6.92 Å². The number of hydrogen-bond donors (Lipinski definition) is 2. The lowest BCUT2D eigenvalue weighted by Gasteiger charge is -2.09. The summed E-state index contributed by atoms with van der Waals surface area (Å²) in [6.07, 6.45) is 0. The Hall–Kier alpha value is -2.01. The number of nitrogens with two attached hydrogens (primary N) is 1. The van der Waals surface area contributed by atoms with Crippen molar-refractivity contribution in [2.75, 3.05) is 18.9 Å². The van der Waals surface area contributed by atoms with Gasteiger partial charge in [-0.3, -0.25) is 4.79 Å². The molecule has 0 aliphatic carbocycles. The summed E-state index contributed by atoms with van der Waals surface area (Å²) in [7, 11) is 0. The molecule has 0 aliphatic rings. The van der Waals surface area contributed by atoms with E-state index in [2.05, 4.69) is 21.2 Å². The van der Waals surface area contributed by atoms with Gasteiger partial charge in [-0.05, 0) is 58.7 Å². The van der Waals surface area contributed by atoms with E-state index in [0.717, 1.165) is 11.3 Å². The average molecular weight is 349 g/mol. The van der Waals surface area contributed by atoms with E-state index < -0.39 is 0 Å². The Kier molecular flexibility index (Phi) is 5.22. The molecule has 1 amide bonds. The molecule has 0 fully saturated rings. The van der Waals surface area contributed by atoms with Crippen LogP contribution in [-0.2, 0) is 0 Å². The van der Waals surface area contributed by atoms with Gasteiger partial charge in [0.05, 0.1) is 12.1 Å². The van der Waals surface area contributed by atoms with Crippen molar-refractivity contribution < 1.29 is 9.53 Å². The minimum Gasteiger partial charge on any atom is -0.492 e. The van der Waals surface area contributed by atoms with Crippen molar-refractivity contribution in [1.29, 1.82) is 0 Å². The molecule has 0 aliphatic heterocycles. The van der Waals surface area contributed by atoms with Crippen LogP contribution in [0.5, 0.6) is 5.75 Å². The molecule has 2 rings (SSSR count). The third-order valence-electron chi connectivity index (χ3n) is 2.88. The number of benzene rings is 2. The third-order valence-corrected chi connectivity index (χ3v) is 3.57. The number of ether oxygens (including phenoxy) is 1. The molecule has 0 atom stereocenters. The highest BCUT2D eigenvalue weighted by molar-refractivity contribution is 9.10. The number of rotatable bonds is 5. The summed E-state index contributed by atoms with van der Waals surface area (Å²) >= 11 is 3.34. The molecule has 2 aromatic carbocycles. The first-order valence-electron chi connectivity index (χ1n) is 6.59. The first-order valence-corrected chi connectivity index (χ1v) is 7.38. The van der Waals surface area contributed by atoms with Crippen LogP contribution < -0.4 is 15.8 Å². The summed E-state index contributed by atoms with van der Waals surface area (Å²) in [4.78, 5) is 12.0. The van der Waals surface area contributed by atoms with Gasteiger partial charge in [-0.15, -0.1) is 0 Å². The SMILES string of the molecule is Cc1cccc(OCCNC(=O)c2cc(N)ccc2Br)c1. The van der Waals surface area contributed by atoms with Gasteiger partial charge in [0.25, 0.3) is 5.91 Å². The lowest BCUT2D eigenvalue weighted by atomic mass is 10.2. The maximum atomic E-state index is 12.0. The summed E-state index contributed by atoms with van der Waals surface area (Å²) in [6, 6.07) is 12.9. The molecule has 2 aromatic rings. The number of carbonyl (C=O) groups is 1. The maximum absolute atomic E-state index is 12.0. The highest BCUT2D eigenvalue weighted by atomic mass is 79.9. The Balaban J connectivity index is 1.83. The van der Waals surface area contributed by atoms with Crippen LogP contribution in [0.4, 0.5) is 5.69 Å².